The Hall–Kier alpha value is -1.30. The molecule has 92 valence electrons. The van der Waals surface area contributed by atoms with Crippen molar-refractivity contribution in [1.82, 2.24) is 10.2 Å². The van der Waals surface area contributed by atoms with Crippen LogP contribution in [0.4, 0.5) is 4.79 Å². The summed E-state index contributed by atoms with van der Waals surface area (Å²) in [5.74, 6) is -0.844. The molecule has 6 heteroatoms. The molecule has 0 bridgehead atoms. The summed E-state index contributed by atoms with van der Waals surface area (Å²) in [6.07, 6.45) is 2.13. The van der Waals surface area contributed by atoms with Gasteiger partial charge in [-0.3, -0.25) is 4.79 Å². The lowest BCUT2D eigenvalue weighted by atomic mass is 9.69. The SMILES string of the molecule is CN(CCO)C(=O)NCC1(C(=O)O)CCC1. The van der Waals surface area contributed by atoms with Crippen LogP contribution in [-0.2, 0) is 4.79 Å². The number of urea groups is 1. The Morgan fingerprint density at radius 2 is 2.06 bits per heavy atom. The molecule has 0 unspecified atom stereocenters. The number of aliphatic hydroxyl groups excluding tert-OH is 1. The van der Waals surface area contributed by atoms with E-state index in [1.54, 1.807) is 7.05 Å². The van der Waals surface area contributed by atoms with Crippen LogP contribution in [0, 0.1) is 5.41 Å². The minimum atomic E-state index is -0.844. The molecule has 0 spiro atoms. The molecule has 0 aromatic heterocycles. The van der Waals surface area contributed by atoms with Crippen molar-refractivity contribution < 1.29 is 19.8 Å². The van der Waals surface area contributed by atoms with Crippen molar-refractivity contribution in [2.75, 3.05) is 26.7 Å². The maximum Gasteiger partial charge on any atom is 0.317 e. The van der Waals surface area contributed by atoms with E-state index < -0.39 is 11.4 Å². The number of hydrogen-bond acceptors (Lipinski definition) is 3. The van der Waals surface area contributed by atoms with Crippen LogP contribution in [0.1, 0.15) is 19.3 Å². The number of nitrogens with zero attached hydrogens (tertiary/aromatic N) is 1. The molecule has 0 heterocycles. The van der Waals surface area contributed by atoms with Gasteiger partial charge in [-0.1, -0.05) is 6.42 Å². The summed E-state index contributed by atoms with van der Waals surface area (Å²) in [5.41, 5.74) is -0.768. The molecular formula is C10H18N2O4. The normalized spacial score (nSPS) is 17.4. The number of amides is 2. The molecule has 6 nitrogen and oxygen atoms in total. The van der Waals surface area contributed by atoms with E-state index in [0.29, 0.717) is 12.8 Å². The van der Waals surface area contributed by atoms with Crippen molar-refractivity contribution in [2.24, 2.45) is 5.41 Å². The molecule has 0 aromatic rings. The van der Waals surface area contributed by atoms with Gasteiger partial charge in [-0.25, -0.2) is 4.79 Å². The zero-order chi connectivity index (χ0) is 12.2. The third-order valence-corrected chi connectivity index (χ3v) is 3.12. The van der Waals surface area contributed by atoms with E-state index in [1.807, 2.05) is 0 Å². The monoisotopic (exact) mass is 230 g/mol. The summed E-state index contributed by atoms with van der Waals surface area (Å²) in [6, 6.07) is -0.346. The number of hydrogen-bond donors (Lipinski definition) is 3. The highest BCUT2D eigenvalue weighted by Crippen LogP contribution is 2.40. The van der Waals surface area contributed by atoms with Gasteiger partial charge in [0.15, 0.2) is 0 Å². The zero-order valence-electron chi connectivity index (χ0n) is 9.40. The summed E-state index contributed by atoms with van der Waals surface area (Å²) in [5, 5.41) is 20.3. The number of carboxylic acids is 1. The third kappa shape index (κ3) is 2.63. The second-order valence-electron chi connectivity index (χ2n) is 4.24. The molecule has 1 fully saturated rings. The fourth-order valence-corrected chi connectivity index (χ4v) is 1.70. The predicted octanol–water partition coefficient (Wildman–Crippen LogP) is -0.125. The minimum Gasteiger partial charge on any atom is -0.481 e. The first-order valence-corrected chi connectivity index (χ1v) is 5.35. The quantitative estimate of drug-likeness (QED) is 0.614. The number of aliphatic hydroxyl groups is 1. The Labute approximate surface area is 94.2 Å². The van der Waals surface area contributed by atoms with Crippen molar-refractivity contribution in [2.45, 2.75) is 19.3 Å². The lowest BCUT2D eigenvalue weighted by Crippen LogP contribution is -2.50. The van der Waals surface area contributed by atoms with Crippen LogP contribution in [0.15, 0.2) is 0 Å². The van der Waals surface area contributed by atoms with Crippen LogP contribution >= 0.6 is 0 Å². The molecule has 1 rings (SSSR count). The van der Waals surface area contributed by atoms with Gasteiger partial charge in [0.1, 0.15) is 0 Å². The number of likely N-dealkylation sites (N-methyl/N-ethyl adjacent to an activating group) is 1. The first-order valence-electron chi connectivity index (χ1n) is 5.35. The highest BCUT2D eigenvalue weighted by molar-refractivity contribution is 5.78. The topological polar surface area (TPSA) is 89.9 Å². The summed E-state index contributed by atoms with van der Waals surface area (Å²) in [7, 11) is 1.56. The summed E-state index contributed by atoms with van der Waals surface area (Å²) in [4.78, 5) is 23.8. The van der Waals surface area contributed by atoms with Gasteiger partial charge in [0.25, 0.3) is 0 Å². The van der Waals surface area contributed by atoms with Crippen LogP contribution in [0.2, 0.25) is 0 Å². The van der Waals surface area contributed by atoms with Gasteiger partial charge in [0.05, 0.1) is 12.0 Å². The highest BCUT2D eigenvalue weighted by Gasteiger charge is 2.44. The fraction of sp³-hybridized carbons (Fsp3) is 0.800. The summed E-state index contributed by atoms with van der Waals surface area (Å²) >= 11 is 0. The zero-order valence-corrected chi connectivity index (χ0v) is 9.40. The number of carboxylic acid groups (broad SMARTS) is 1. The van der Waals surface area contributed by atoms with Crippen LogP contribution < -0.4 is 5.32 Å². The van der Waals surface area contributed by atoms with Gasteiger partial charge in [0, 0.05) is 20.1 Å². The molecular weight excluding hydrogens is 212 g/mol. The Kier molecular flexibility index (Phi) is 4.12. The van der Waals surface area contributed by atoms with Gasteiger partial charge in [-0.05, 0) is 12.8 Å². The molecule has 3 N–H and O–H groups in total. The molecule has 0 aliphatic heterocycles. The van der Waals surface area contributed by atoms with Crippen molar-refractivity contribution in [3.63, 3.8) is 0 Å². The lowest BCUT2D eigenvalue weighted by molar-refractivity contribution is -0.153. The molecule has 1 aliphatic rings. The van der Waals surface area contributed by atoms with E-state index in [1.165, 1.54) is 4.90 Å². The third-order valence-electron chi connectivity index (χ3n) is 3.12. The molecule has 1 saturated carbocycles. The van der Waals surface area contributed by atoms with E-state index in [2.05, 4.69) is 5.32 Å². The Balaban J connectivity index is 2.38. The van der Waals surface area contributed by atoms with E-state index >= 15 is 0 Å². The Morgan fingerprint density at radius 3 is 2.44 bits per heavy atom. The maximum absolute atomic E-state index is 11.5. The first-order chi connectivity index (χ1) is 7.52. The molecule has 16 heavy (non-hydrogen) atoms. The first kappa shape index (κ1) is 12.8. The molecule has 0 radical (unpaired) electrons. The van der Waals surface area contributed by atoms with E-state index in [4.69, 9.17) is 10.2 Å². The number of nitrogens with one attached hydrogen (secondary N) is 1. The van der Waals surface area contributed by atoms with E-state index in [0.717, 1.165) is 6.42 Å². The smallest absolute Gasteiger partial charge is 0.317 e. The molecule has 0 aromatic carbocycles. The Morgan fingerprint density at radius 1 is 1.44 bits per heavy atom. The second-order valence-corrected chi connectivity index (χ2v) is 4.24. The molecule has 2 amide bonds. The number of rotatable bonds is 5. The van der Waals surface area contributed by atoms with Crippen molar-refractivity contribution in [1.29, 1.82) is 0 Å². The largest absolute Gasteiger partial charge is 0.481 e. The van der Waals surface area contributed by atoms with Crippen LogP contribution in [0.3, 0.4) is 0 Å². The number of carbonyl (C=O) groups excluding carboxylic acids is 1. The second kappa shape index (κ2) is 5.16. The van der Waals surface area contributed by atoms with Crippen LogP contribution in [-0.4, -0.2) is 53.9 Å². The standard InChI is InChI=1S/C10H18N2O4/c1-12(5-6-13)9(16)11-7-10(8(14)15)3-2-4-10/h13H,2-7H2,1H3,(H,11,16)(H,14,15). The van der Waals surface area contributed by atoms with Crippen LogP contribution in [0.5, 0.6) is 0 Å². The summed E-state index contributed by atoms with van der Waals surface area (Å²) < 4.78 is 0. The molecule has 1 aliphatic carbocycles. The molecule has 0 saturated heterocycles. The average Bonchev–Trinajstić information content (AvgIpc) is 2.15. The van der Waals surface area contributed by atoms with Crippen molar-refractivity contribution in [3.8, 4) is 0 Å². The predicted molar refractivity (Wildman–Crippen MR) is 57.0 cm³/mol. The van der Waals surface area contributed by atoms with Gasteiger partial charge >= 0.3 is 12.0 Å². The highest BCUT2D eigenvalue weighted by atomic mass is 16.4. The van der Waals surface area contributed by atoms with E-state index in [9.17, 15) is 9.59 Å². The fourth-order valence-electron chi connectivity index (χ4n) is 1.70. The van der Waals surface area contributed by atoms with Gasteiger partial charge < -0.3 is 20.4 Å². The summed E-state index contributed by atoms with van der Waals surface area (Å²) in [6.45, 7) is 0.302. The van der Waals surface area contributed by atoms with Crippen molar-refractivity contribution in [3.05, 3.63) is 0 Å². The van der Waals surface area contributed by atoms with Crippen LogP contribution in [0.25, 0.3) is 0 Å². The lowest BCUT2D eigenvalue weighted by Gasteiger charge is -2.37. The average molecular weight is 230 g/mol. The van der Waals surface area contributed by atoms with Crippen molar-refractivity contribution >= 4 is 12.0 Å². The number of carbonyl (C=O) groups is 2. The Bertz CT molecular complexity index is 276. The maximum atomic E-state index is 11.5. The minimum absolute atomic E-state index is 0.103. The molecule has 0 atom stereocenters. The van der Waals surface area contributed by atoms with Gasteiger partial charge in [0.2, 0.25) is 0 Å². The van der Waals surface area contributed by atoms with E-state index in [-0.39, 0.29) is 25.7 Å². The van der Waals surface area contributed by atoms with Gasteiger partial charge in [-0.2, -0.15) is 0 Å². The number of aliphatic carboxylic acids is 1. The van der Waals surface area contributed by atoms with Gasteiger partial charge in [-0.15, -0.1) is 0 Å².